The van der Waals surface area contributed by atoms with E-state index in [0.717, 1.165) is 12.0 Å². The van der Waals surface area contributed by atoms with Gasteiger partial charge in [-0.2, -0.15) is 0 Å². The van der Waals surface area contributed by atoms with E-state index in [9.17, 15) is 0 Å². The fourth-order valence-electron chi connectivity index (χ4n) is 2.82. The molecule has 0 radical (unpaired) electrons. The number of nitrogens with one attached hydrogen (secondary N) is 1. The van der Waals surface area contributed by atoms with Crippen LogP contribution in [0.3, 0.4) is 0 Å². The number of hydrogen-bond acceptors (Lipinski definition) is 1. The molecule has 1 heterocycles. The molecule has 0 bridgehead atoms. The minimum atomic E-state index is 0. The zero-order chi connectivity index (χ0) is 8.23. The van der Waals surface area contributed by atoms with Crippen LogP contribution in [0.4, 0.5) is 0 Å². The SMILES string of the molecule is C.C1CCC(C2CCCCN2)CC1. The minimum Gasteiger partial charge on any atom is -0.314 e. The van der Waals surface area contributed by atoms with E-state index in [-0.39, 0.29) is 7.43 Å². The van der Waals surface area contributed by atoms with Crippen molar-refractivity contribution in [3.8, 4) is 0 Å². The third-order valence-corrected chi connectivity index (χ3v) is 3.57. The van der Waals surface area contributed by atoms with Crippen LogP contribution in [-0.2, 0) is 0 Å². The Bertz CT molecular complexity index is 105. The van der Waals surface area contributed by atoms with Gasteiger partial charge in [0.1, 0.15) is 0 Å². The first-order valence-electron chi connectivity index (χ1n) is 5.70. The largest absolute Gasteiger partial charge is 0.314 e. The first-order valence-corrected chi connectivity index (χ1v) is 5.70. The fraction of sp³-hybridized carbons (Fsp3) is 1.00. The molecule has 2 rings (SSSR count). The molecule has 1 N–H and O–H groups in total. The summed E-state index contributed by atoms with van der Waals surface area (Å²) in [6.45, 7) is 1.28. The average molecular weight is 183 g/mol. The maximum absolute atomic E-state index is 3.69. The number of hydrogen-bond donors (Lipinski definition) is 1. The highest BCUT2D eigenvalue weighted by molar-refractivity contribution is 4.81. The van der Waals surface area contributed by atoms with Gasteiger partial charge in [-0.1, -0.05) is 33.1 Å². The number of rotatable bonds is 1. The molecule has 1 heteroatoms. The highest BCUT2D eigenvalue weighted by Crippen LogP contribution is 2.29. The molecule has 1 aliphatic carbocycles. The van der Waals surface area contributed by atoms with Crippen molar-refractivity contribution in [3.63, 3.8) is 0 Å². The first-order chi connectivity index (χ1) is 5.97. The predicted molar refractivity (Wildman–Crippen MR) is 58.9 cm³/mol. The van der Waals surface area contributed by atoms with E-state index < -0.39 is 0 Å². The lowest BCUT2D eigenvalue weighted by Gasteiger charge is -2.33. The van der Waals surface area contributed by atoms with Crippen LogP contribution in [0.15, 0.2) is 0 Å². The Kier molecular flexibility index (Phi) is 4.79. The standard InChI is InChI=1S/C11H21N.CH4/c1-2-6-10(7-3-1)11-8-4-5-9-12-11;/h10-12H,1-9H2;1H4. The van der Waals surface area contributed by atoms with Crippen LogP contribution in [0, 0.1) is 5.92 Å². The Labute approximate surface area is 83.3 Å². The van der Waals surface area contributed by atoms with Crippen molar-refractivity contribution in [2.75, 3.05) is 6.54 Å². The second-order valence-corrected chi connectivity index (χ2v) is 4.45. The quantitative estimate of drug-likeness (QED) is 0.657. The summed E-state index contributed by atoms with van der Waals surface area (Å²) < 4.78 is 0. The molecule has 1 aliphatic heterocycles. The lowest BCUT2D eigenvalue weighted by Crippen LogP contribution is -2.40. The molecule has 1 nitrogen and oxygen atoms in total. The summed E-state index contributed by atoms with van der Waals surface area (Å²) in [7, 11) is 0. The van der Waals surface area contributed by atoms with E-state index in [4.69, 9.17) is 0 Å². The molecule has 1 saturated heterocycles. The molecule has 0 amide bonds. The van der Waals surface area contributed by atoms with Crippen LogP contribution >= 0.6 is 0 Å². The Balaban J connectivity index is 0.000000845. The summed E-state index contributed by atoms with van der Waals surface area (Å²) in [6.07, 6.45) is 11.8. The zero-order valence-corrected chi connectivity index (χ0v) is 8.02. The summed E-state index contributed by atoms with van der Waals surface area (Å²) in [5, 5.41) is 3.69. The predicted octanol–water partition coefficient (Wildman–Crippen LogP) is 3.34. The van der Waals surface area contributed by atoms with E-state index in [1.165, 1.54) is 57.9 Å². The lowest BCUT2D eigenvalue weighted by atomic mass is 9.81. The van der Waals surface area contributed by atoms with Crippen molar-refractivity contribution in [2.45, 2.75) is 64.8 Å². The van der Waals surface area contributed by atoms with Gasteiger partial charge in [-0.15, -0.1) is 0 Å². The monoisotopic (exact) mass is 183 g/mol. The van der Waals surface area contributed by atoms with Crippen molar-refractivity contribution in [1.82, 2.24) is 5.32 Å². The van der Waals surface area contributed by atoms with E-state index >= 15 is 0 Å². The van der Waals surface area contributed by atoms with Crippen LogP contribution in [0.2, 0.25) is 0 Å². The van der Waals surface area contributed by atoms with Gasteiger partial charge in [0.15, 0.2) is 0 Å². The molecule has 78 valence electrons. The van der Waals surface area contributed by atoms with E-state index in [2.05, 4.69) is 5.32 Å². The molecule has 0 spiro atoms. The van der Waals surface area contributed by atoms with Crippen molar-refractivity contribution in [3.05, 3.63) is 0 Å². The van der Waals surface area contributed by atoms with Gasteiger partial charge in [0.25, 0.3) is 0 Å². The average Bonchev–Trinajstić information content (AvgIpc) is 2.21. The van der Waals surface area contributed by atoms with Gasteiger partial charge in [0, 0.05) is 6.04 Å². The van der Waals surface area contributed by atoms with E-state index in [1.54, 1.807) is 0 Å². The Hall–Kier alpha value is -0.0400. The molecular weight excluding hydrogens is 158 g/mol. The zero-order valence-electron chi connectivity index (χ0n) is 8.02. The summed E-state index contributed by atoms with van der Waals surface area (Å²) in [6, 6.07) is 0.888. The maximum Gasteiger partial charge on any atom is 0.00953 e. The molecule has 2 fully saturated rings. The third-order valence-electron chi connectivity index (χ3n) is 3.57. The summed E-state index contributed by atoms with van der Waals surface area (Å²) in [5.41, 5.74) is 0. The minimum absolute atomic E-state index is 0. The molecular formula is C12H25N. The van der Waals surface area contributed by atoms with Gasteiger partial charge in [0.2, 0.25) is 0 Å². The van der Waals surface area contributed by atoms with Gasteiger partial charge in [0.05, 0.1) is 0 Å². The third kappa shape index (κ3) is 2.98. The number of piperidine rings is 1. The van der Waals surface area contributed by atoms with Crippen molar-refractivity contribution in [1.29, 1.82) is 0 Å². The highest BCUT2D eigenvalue weighted by atomic mass is 14.9. The molecule has 0 aromatic heterocycles. The first kappa shape index (κ1) is 11.0. The van der Waals surface area contributed by atoms with Crippen LogP contribution in [0.25, 0.3) is 0 Å². The van der Waals surface area contributed by atoms with Crippen molar-refractivity contribution in [2.24, 2.45) is 5.92 Å². The highest BCUT2D eigenvalue weighted by Gasteiger charge is 2.24. The Morgan fingerprint density at radius 3 is 2.08 bits per heavy atom. The van der Waals surface area contributed by atoms with Gasteiger partial charge in [-0.05, 0) is 38.1 Å². The second kappa shape index (κ2) is 5.64. The van der Waals surface area contributed by atoms with Crippen LogP contribution in [0.1, 0.15) is 58.8 Å². The molecule has 0 aromatic rings. The van der Waals surface area contributed by atoms with Crippen molar-refractivity contribution >= 4 is 0 Å². The second-order valence-electron chi connectivity index (χ2n) is 4.45. The van der Waals surface area contributed by atoms with Crippen molar-refractivity contribution < 1.29 is 0 Å². The van der Waals surface area contributed by atoms with Crippen LogP contribution in [-0.4, -0.2) is 12.6 Å². The molecule has 0 aromatic carbocycles. The molecule has 1 atom stereocenters. The topological polar surface area (TPSA) is 12.0 Å². The Morgan fingerprint density at radius 1 is 0.769 bits per heavy atom. The van der Waals surface area contributed by atoms with Gasteiger partial charge >= 0.3 is 0 Å². The van der Waals surface area contributed by atoms with Gasteiger partial charge in [-0.3, -0.25) is 0 Å². The Morgan fingerprint density at radius 2 is 1.46 bits per heavy atom. The lowest BCUT2D eigenvalue weighted by molar-refractivity contribution is 0.235. The smallest absolute Gasteiger partial charge is 0.00953 e. The molecule has 13 heavy (non-hydrogen) atoms. The molecule has 1 unspecified atom stereocenters. The van der Waals surface area contributed by atoms with E-state index in [0.29, 0.717) is 0 Å². The molecule has 2 aliphatic rings. The summed E-state index contributed by atoms with van der Waals surface area (Å²) in [4.78, 5) is 0. The fourth-order valence-corrected chi connectivity index (χ4v) is 2.82. The van der Waals surface area contributed by atoms with Gasteiger partial charge < -0.3 is 5.32 Å². The maximum atomic E-state index is 3.69. The van der Waals surface area contributed by atoms with E-state index in [1.807, 2.05) is 0 Å². The molecule has 1 saturated carbocycles. The normalized spacial score (nSPS) is 30.9. The van der Waals surface area contributed by atoms with Gasteiger partial charge in [-0.25, -0.2) is 0 Å². The van der Waals surface area contributed by atoms with Crippen LogP contribution in [0.5, 0.6) is 0 Å². The van der Waals surface area contributed by atoms with Crippen LogP contribution < -0.4 is 5.32 Å². The summed E-state index contributed by atoms with van der Waals surface area (Å²) >= 11 is 0. The summed E-state index contributed by atoms with van der Waals surface area (Å²) in [5.74, 6) is 1.03.